The number of aliphatic hydroxyl groups excluding tert-OH is 1. The maximum Gasteiger partial charge on any atom is 0.124 e. The summed E-state index contributed by atoms with van der Waals surface area (Å²) in [6.45, 7) is 4.96. The van der Waals surface area contributed by atoms with Gasteiger partial charge in [0.05, 0.1) is 13.2 Å². The molecule has 0 heterocycles. The quantitative estimate of drug-likeness (QED) is 0.709. The minimum absolute atomic E-state index is 0.431. The number of benzene rings is 1. The molecule has 0 saturated carbocycles. The van der Waals surface area contributed by atoms with Gasteiger partial charge in [-0.15, -0.1) is 0 Å². The zero-order valence-electron chi connectivity index (χ0n) is 11.8. The third-order valence-corrected chi connectivity index (χ3v) is 4.21. The van der Waals surface area contributed by atoms with Crippen molar-refractivity contribution < 1.29 is 14.1 Å². The SMILES string of the molecule is CCS(=O)CCNCC(O)c1cc(C)ccc1OC. The number of aliphatic hydroxyl groups is 1. The first-order valence-corrected chi connectivity index (χ1v) is 7.95. The van der Waals surface area contributed by atoms with Crippen LogP contribution in [-0.2, 0) is 10.8 Å². The molecule has 5 heteroatoms. The Balaban J connectivity index is 2.51. The summed E-state index contributed by atoms with van der Waals surface area (Å²) in [6.07, 6.45) is -0.620. The van der Waals surface area contributed by atoms with Gasteiger partial charge in [-0.05, 0) is 19.1 Å². The molecule has 1 aromatic rings. The molecular weight excluding hydrogens is 262 g/mol. The molecule has 0 fully saturated rings. The number of ether oxygens (including phenoxy) is 1. The van der Waals surface area contributed by atoms with Crippen LogP contribution in [-0.4, -0.2) is 41.0 Å². The molecule has 1 rings (SSSR count). The summed E-state index contributed by atoms with van der Waals surface area (Å²) < 4.78 is 16.5. The van der Waals surface area contributed by atoms with E-state index in [1.165, 1.54) is 0 Å². The van der Waals surface area contributed by atoms with E-state index in [0.29, 0.717) is 30.3 Å². The van der Waals surface area contributed by atoms with E-state index >= 15 is 0 Å². The van der Waals surface area contributed by atoms with Crippen molar-refractivity contribution in [1.82, 2.24) is 5.32 Å². The average Bonchev–Trinajstić information content (AvgIpc) is 2.42. The third-order valence-electron chi connectivity index (χ3n) is 2.91. The Morgan fingerprint density at radius 1 is 1.47 bits per heavy atom. The Morgan fingerprint density at radius 3 is 2.84 bits per heavy atom. The summed E-state index contributed by atoms with van der Waals surface area (Å²) in [5, 5.41) is 13.3. The van der Waals surface area contributed by atoms with E-state index in [0.717, 1.165) is 11.1 Å². The molecule has 0 saturated heterocycles. The topological polar surface area (TPSA) is 58.6 Å². The first-order chi connectivity index (χ1) is 9.08. The summed E-state index contributed by atoms with van der Waals surface area (Å²) in [5.41, 5.74) is 1.87. The maximum absolute atomic E-state index is 11.3. The number of nitrogens with one attached hydrogen (secondary N) is 1. The van der Waals surface area contributed by atoms with Crippen LogP contribution in [0.5, 0.6) is 5.75 Å². The standard InChI is InChI=1S/C14H23NO3S/c1-4-19(17)8-7-15-10-13(16)12-9-11(2)5-6-14(12)18-3/h5-6,9,13,15-16H,4,7-8,10H2,1-3H3. The maximum atomic E-state index is 11.3. The lowest BCUT2D eigenvalue weighted by Crippen LogP contribution is -2.26. The van der Waals surface area contributed by atoms with Crippen molar-refractivity contribution in [3.63, 3.8) is 0 Å². The Kier molecular flexibility index (Phi) is 7.05. The molecule has 0 aromatic heterocycles. The number of rotatable bonds is 8. The summed E-state index contributed by atoms with van der Waals surface area (Å²) in [6, 6.07) is 5.74. The Hall–Kier alpha value is -0.910. The highest BCUT2D eigenvalue weighted by molar-refractivity contribution is 7.84. The Labute approximate surface area is 117 Å². The smallest absolute Gasteiger partial charge is 0.124 e. The van der Waals surface area contributed by atoms with Crippen molar-refractivity contribution >= 4 is 10.8 Å². The van der Waals surface area contributed by atoms with E-state index in [2.05, 4.69) is 5.32 Å². The van der Waals surface area contributed by atoms with E-state index in [1.54, 1.807) is 7.11 Å². The molecule has 19 heavy (non-hydrogen) atoms. The second kappa shape index (κ2) is 8.30. The molecule has 2 unspecified atom stereocenters. The zero-order valence-corrected chi connectivity index (χ0v) is 12.6. The molecule has 0 bridgehead atoms. The van der Waals surface area contributed by atoms with Crippen LogP contribution in [0.1, 0.15) is 24.2 Å². The van der Waals surface area contributed by atoms with Crippen molar-refractivity contribution in [1.29, 1.82) is 0 Å². The van der Waals surface area contributed by atoms with E-state index in [1.807, 2.05) is 32.0 Å². The highest BCUT2D eigenvalue weighted by Crippen LogP contribution is 2.25. The van der Waals surface area contributed by atoms with Crippen LogP contribution in [0, 0.1) is 6.92 Å². The number of methoxy groups -OCH3 is 1. The Morgan fingerprint density at radius 2 is 2.21 bits per heavy atom. The van der Waals surface area contributed by atoms with E-state index in [-0.39, 0.29) is 0 Å². The minimum atomic E-state index is -0.765. The third kappa shape index (κ3) is 5.30. The molecule has 0 spiro atoms. The molecule has 0 aliphatic heterocycles. The second-order valence-corrected chi connectivity index (χ2v) is 6.26. The van der Waals surface area contributed by atoms with Gasteiger partial charge in [0.1, 0.15) is 5.75 Å². The van der Waals surface area contributed by atoms with E-state index < -0.39 is 16.9 Å². The number of aryl methyl sites for hydroxylation is 1. The van der Waals surface area contributed by atoms with Gasteiger partial charge in [-0.3, -0.25) is 4.21 Å². The van der Waals surface area contributed by atoms with Crippen molar-refractivity contribution in [2.24, 2.45) is 0 Å². The first-order valence-electron chi connectivity index (χ1n) is 6.46. The van der Waals surface area contributed by atoms with E-state index in [9.17, 15) is 9.32 Å². The van der Waals surface area contributed by atoms with Crippen LogP contribution < -0.4 is 10.1 Å². The number of hydrogen-bond acceptors (Lipinski definition) is 4. The van der Waals surface area contributed by atoms with Gasteiger partial charge in [0.2, 0.25) is 0 Å². The minimum Gasteiger partial charge on any atom is -0.496 e. The van der Waals surface area contributed by atoms with Crippen LogP contribution in [0.4, 0.5) is 0 Å². The second-order valence-electron chi connectivity index (χ2n) is 4.40. The molecule has 0 amide bonds. The monoisotopic (exact) mass is 285 g/mol. The summed E-state index contributed by atoms with van der Waals surface area (Å²) in [7, 11) is 0.831. The number of hydrogen-bond donors (Lipinski definition) is 2. The molecule has 0 aliphatic carbocycles. The van der Waals surface area contributed by atoms with Crippen LogP contribution in [0.3, 0.4) is 0 Å². The summed E-state index contributed by atoms with van der Waals surface area (Å²) in [5.74, 6) is 1.99. The largest absolute Gasteiger partial charge is 0.496 e. The van der Waals surface area contributed by atoms with Crippen molar-refractivity contribution in [2.45, 2.75) is 20.0 Å². The highest BCUT2D eigenvalue weighted by atomic mass is 32.2. The lowest BCUT2D eigenvalue weighted by Gasteiger charge is -2.16. The predicted octanol–water partition coefficient (Wildman–Crippen LogP) is 1.40. The summed E-state index contributed by atoms with van der Waals surface area (Å²) >= 11 is 0. The van der Waals surface area contributed by atoms with Crippen molar-refractivity contribution in [3.05, 3.63) is 29.3 Å². The van der Waals surface area contributed by atoms with Gasteiger partial charge in [-0.1, -0.05) is 18.6 Å². The molecule has 0 aliphatic rings. The molecule has 0 radical (unpaired) electrons. The molecular formula is C14H23NO3S. The predicted molar refractivity (Wildman–Crippen MR) is 79.1 cm³/mol. The molecule has 108 valence electrons. The van der Waals surface area contributed by atoms with Crippen molar-refractivity contribution in [2.75, 3.05) is 31.7 Å². The molecule has 2 atom stereocenters. The molecule has 2 N–H and O–H groups in total. The van der Waals surface area contributed by atoms with Crippen LogP contribution in [0.25, 0.3) is 0 Å². The summed E-state index contributed by atoms with van der Waals surface area (Å²) in [4.78, 5) is 0. The van der Waals surface area contributed by atoms with Gasteiger partial charge < -0.3 is 15.2 Å². The van der Waals surface area contributed by atoms with Gasteiger partial charge in [-0.2, -0.15) is 0 Å². The van der Waals surface area contributed by atoms with Crippen molar-refractivity contribution in [3.8, 4) is 5.75 Å². The average molecular weight is 285 g/mol. The normalized spacial score (nSPS) is 14.1. The van der Waals surface area contributed by atoms with E-state index in [4.69, 9.17) is 4.74 Å². The lowest BCUT2D eigenvalue weighted by molar-refractivity contribution is 0.171. The van der Waals surface area contributed by atoms with Gasteiger partial charge in [0.15, 0.2) is 0 Å². The van der Waals surface area contributed by atoms with Gasteiger partial charge in [0, 0.05) is 41.0 Å². The molecule has 4 nitrogen and oxygen atoms in total. The lowest BCUT2D eigenvalue weighted by atomic mass is 10.1. The first kappa shape index (κ1) is 16.1. The van der Waals surface area contributed by atoms with Crippen LogP contribution in [0.15, 0.2) is 18.2 Å². The zero-order chi connectivity index (χ0) is 14.3. The van der Waals surface area contributed by atoms with Crippen LogP contribution >= 0.6 is 0 Å². The van der Waals surface area contributed by atoms with Crippen LogP contribution in [0.2, 0.25) is 0 Å². The fourth-order valence-corrected chi connectivity index (χ4v) is 2.45. The Bertz CT molecular complexity index is 423. The fraction of sp³-hybridized carbons (Fsp3) is 0.571. The molecule has 1 aromatic carbocycles. The highest BCUT2D eigenvalue weighted by Gasteiger charge is 2.13. The van der Waals surface area contributed by atoms with Gasteiger partial charge in [-0.25, -0.2) is 0 Å². The fourth-order valence-electron chi connectivity index (χ4n) is 1.79. The van der Waals surface area contributed by atoms with Gasteiger partial charge >= 0.3 is 0 Å². The van der Waals surface area contributed by atoms with Gasteiger partial charge in [0.25, 0.3) is 0 Å².